The molecule has 1 aromatic rings. The Kier molecular flexibility index (Phi) is 2.86. The molecule has 15 heavy (non-hydrogen) atoms. The second kappa shape index (κ2) is 4.14. The van der Waals surface area contributed by atoms with E-state index in [0.717, 1.165) is 25.5 Å². The number of hydrogen-bond donors (Lipinski definition) is 1. The largest absolute Gasteiger partial charge is 0.351 e. The number of halogens is 1. The molecule has 1 fully saturated rings. The zero-order valence-corrected chi connectivity index (χ0v) is 9.13. The number of rotatable bonds is 1. The average molecular weight is 209 g/mol. The third kappa shape index (κ3) is 2.09. The number of hydrogen-bond acceptors (Lipinski definition) is 3. The van der Waals surface area contributed by atoms with Crippen molar-refractivity contribution in [3.8, 4) is 0 Å². The highest BCUT2D eigenvalue weighted by atomic mass is 19.1. The highest BCUT2D eigenvalue weighted by molar-refractivity contribution is 5.41. The van der Waals surface area contributed by atoms with Crippen LogP contribution in [0.5, 0.6) is 0 Å². The monoisotopic (exact) mass is 209 g/mol. The molecule has 82 valence electrons. The van der Waals surface area contributed by atoms with Gasteiger partial charge in [-0.15, -0.1) is 0 Å². The Morgan fingerprint density at radius 3 is 3.00 bits per heavy atom. The van der Waals surface area contributed by atoms with Gasteiger partial charge in [0.05, 0.1) is 5.69 Å². The van der Waals surface area contributed by atoms with Crippen molar-refractivity contribution in [1.29, 1.82) is 0 Å². The number of piperazine rings is 1. The number of aryl methyl sites for hydroxylation is 1. The van der Waals surface area contributed by atoms with E-state index in [4.69, 9.17) is 0 Å². The van der Waals surface area contributed by atoms with Crippen LogP contribution in [0.15, 0.2) is 12.1 Å². The van der Waals surface area contributed by atoms with Crippen molar-refractivity contribution in [2.45, 2.75) is 19.9 Å². The summed E-state index contributed by atoms with van der Waals surface area (Å²) in [6.07, 6.45) is 0. The Hall–Kier alpha value is -1.16. The maximum atomic E-state index is 13.1. The molecule has 0 saturated carbocycles. The van der Waals surface area contributed by atoms with Gasteiger partial charge in [-0.05, 0) is 26.0 Å². The van der Waals surface area contributed by atoms with Crippen molar-refractivity contribution >= 4 is 5.82 Å². The molecule has 1 aliphatic rings. The van der Waals surface area contributed by atoms with Crippen LogP contribution in [0.25, 0.3) is 0 Å². The predicted molar refractivity (Wildman–Crippen MR) is 58.6 cm³/mol. The van der Waals surface area contributed by atoms with E-state index >= 15 is 0 Å². The van der Waals surface area contributed by atoms with Gasteiger partial charge in [-0.1, -0.05) is 0 Å². The van der Waals surface area contributed by atoms with E-state index in [1.807, 2.05) is 0 Å². The third-order valence-electron chi connectivity index (χ3n) is 2.80. The van der Waals surface area contributed by atoms with E-state index in [9.17, 15) is 4.39 Å². The van der Waals surface area contributed by atoms with Crippen LogP contribution in [-0.4, -0.2) is 30.7 Å². The van der Waals surface area contributed by atoms with Crippen LogP contribution < -0.4 is 10.2 Å². The van der Waals surface area contributed by atoms with Crippen molar-refractivity contribution in [3.63, 3.8) is 0 Å². The fourth-order valence-electron chi connectivity index (χ4n) is 1.87. The molecule has 0 bridgehead atoms. The maximum Gasteiger partial charge on any atom is 0.144 e. The molecule has 0 spiro atoms. The number of aromatic nitrogens is 1. The zero-order chi connectivity index (χ0) is 10.8. The van der Waals surface area contributed by atoms with Gasteiger partial charge in [-0.2, -0.15) is 0 Å². The van der Waals surface area contributed by atoms with Gasteiger partial charge in [-0.25, -0.2) is 9.37 Å². The van der Waals surface area contributed by atoms with Gasteiger partial charge in [0.1, 0.15) is 11.6 Å². The first-order valence-electron chi connectivity index (χ1n) is 5.29. The lowest BCUT2D eigenvalue weighted by atomic mass is 10.2. The summed E-state index contributed by atoms with van der Waals surface area (Å²) in [5.74, 6) is 0.643. The van der Waals surface area contributed by atoms with Crippen LogP contribution in [-0.2, 0) is 0 Å². The topological polar surface area (TPSA) is 28.2 Å². The second-order valence-electron chi connectivity index (χ2n) is 3.98. The van der Waals surface area contributed by atoms with E-state index in [2.05, 4.69) is 22.1 Å². The maximum absolute atomic E-state index is 13.1. The van der Waals surface area contributed by atoms with Crippen molar-refractivity contribution in [1.82, 2.24) is 10.3 Å². The van der Waals surface area contributed by atoms with Crippen LogP contribution in [0.1, 0.15) is 12.6 Å². The number of nitrogens with one attached hydrogen (secondary N) is 1. The molecule has 0 amide bonds. The van der Waals surface area contributed by atoms with Crippen LogP contribution in [0.3, 0.4) is 0 Å². The Morgan fingerprint density at radius 2 is 2.33 bits per heavy atom. The molecule has 0 unspecified atom stereocenters. The standard InChI is InChI=1S/C11H16FN3/c1-8-7-13-5-6-15(8)11-4-3-10(12)9(2)14-11/h3-4,8,13H,5-7H2,1-2H3/t8-/m0/s1. The fourth-order valence-corrected chi connectivity index (χ4v) is 1.87. The Bertz CT molecular complexity index is 354. The van der Waals surface area contributed by atoms with Gasteiger partial charge in [-0.3, -0.25) is 0 Å². The van der Waals surface area contributed by atoms with Gasteiger partial charge >= 0.3 is 0 Å². The molecular formula is C11H16FN3. The minimum Gasteiger partial charge on any atom is -0.351 e. The first-order chi connectivity index (χ1) is 7.18. The Balaban J connectivity index is 2.24. The van der Waals surface area contributed by atoms with Crippen molar-refractivity contribution < 1.29 is 4.39 Å². The molecule has 4 heteroatoms. The van der Waals surface area contributed by atoms with E-state index in [0.29, 0.717) is 11.7 Å². The number of nitrogens with zero attached hydrogens (tertiary/aromatic N) is 2. The molecule has 3 nitrogen and oxygen atoms in total. The highest BCUT2D eigenvalue weighted by Crippen LogP contribution is 2.17. The normalized spacial score (nSPS) is 21.8. The minimum atomic E-state index is -0.235. The average Bonchev–Trinajstić information content (AvgIpc) is 2.23. The van der Waals surface area contributed by atoms with Crippen molar-refractivity contribution in [2.24, 2.45) is 0 Å². The van der Waals surface area contributed by atoms with Gasteiger partial charge in [0.15, 0.2) is 0 Å². The van der Waals surface area contributed by atoms with Crippen molar-refractivity contribution in [2.75, 3.05) is 24.5 Å². The Morgan fingerprint density at radius 1 is 1.53 bits per heavy atom. The van der Waals surface area contributed by atoms with Gasteiger partial charge in [0.2, 0.25) is 0 Å². The molecule has 1 N–H and O–H groups in total. The summed E-state index contributed by atoms with van der Waals surface area (Å²) in [4.78, 5) is 6.48. The first-order valence-corrected chi connectivity index (χ1v) is 5.29. The minimum absolute atomic E-state index is 0.235. The predicted octanol–water partition coefficient (Wildman–Crippen LogP) is 1.33. The Labute approximate surface area is 89.3 Å². The molecule has 1 aromatic heterocycles. The fraction of sp³-hybridized carbons (Fsp3) is 0.545. The van der Waals surface area contributed by atoms with Gasteiger partial charge in [0, 0.05) is 25.7 Å². The molecule has 0 aromatic carbocycles. The number of anilines is 1. The van der Waals surface area contributed by atoms with Crippen LogP contribution in [0.4, 0.5) is 10.2 Å². The first kappa shape index (κ1) is 10.4. The molecule has 0 radical (unpaired) electrons. The molecule has 1 aliphatic heterocycles. The lowest BCUT2D eigenvalue weighted by Crippen LogP contribution is -2.50. The highest BCUT2D eigenvalue weighted by Gasteiger charge is 2.19. The summed E-state index contributed by atoms with van der Waals surface area (Å²) in [6, 6.07) is 3.66. The molecular weight excluding hydrogens is 193 g/mol. The van der Waals surface area contributed by atoms with Crippen LogP contribution >= 0.6 is 0 Å². The summed E-state index contributed by atoms with van der Waals surface area (Å²) in [6.45, 7) is 6.69. The van der Waals surface area contributed by atoms with Crippen molar-refractivity contribution in [3.05, 3.63) is 23.6 Å². The second-order valence-corrected chi connectivity index (χ2v) is 3.98. The van der Waals surface area contributed by atoms with E-state index in [-0.39, 0.29) is 5.82 Å². The lowest BCUT2D eigenvalue weighted by Gasteiger charge is -2.35. The van der Waals surface area contributed by atoms with E-state index < -0.39 is 0 Å². The summed E-state index contributed by atoms with van der Waals surface area (Å²) in [5, 5.41) is 3.32. The zero-order valence-electron chi connectivity index (χ0n) is 9.13. The van der Waals surface area contributed by atoms with Crippen LogP contribution in [0.2, 0.25) is 0 Å². The number of pyridine rings is 1. The lowest BCUT2D eigenvalue weighted by molar-refractivity contribution is 0.495. The summed E-state index contributed by atoms with van der Waals surface area (Å²) < 4.78 is 13.1. The summed E-state index contributed by atoms with van der Waals surface area (Å²) in [5.41, 5.74) is 0.471. The molecule has 1 saturated heterocycles. The summed E-state index contributed by atoms with van der Waals surface area (Å²) in [7, 11) is 0. The molecule has 2 rings (SSSR count). The smallest absolute Gasteiger partial charge is 0.144 e. The summed E-state index contributed by atoms with van der Waals surface area (Å²) >= 11 is 0. The molecule has 0 aliphatic carbocycles. The molecule has 1 atom stereocenters. The van der Waals surface area contributed by atoms with E-state index in [1.54, 1.807) is 13.0 Å². The quantitative estimate of drug-likeness (QED) is 0.756. The SMILES string of the molecule is Cc1nc(N2CCNC[C@@H]2C)ccc1F. The van der Waals surface area contributed by atoms with Gasteiger partial charge in [0.25, 0.3) is 0 Å². The molecule has 2 heterocycles. The van der Waals surface area contributed by atoms with Crippen LogP contribution in [0, 0.1) is 12.7 Å². The third-order valence-corrected chi connectivity index (χ3v) is 2.80. The van der Waals surface area contributed by atoms with E-state index in [1.165, 1.54) is 6.07 Å². The van der Waals surface area contributed by atoms with Gasteiger partial charge < -0.3 is 10.2 Å².